The van der Waals surface area contributed by atoms with Crippen LogP contribution in [0.5, 0.6) is 0 Å². The molecule has 2 aromatic carbocycles. The Labute approximate surface area is 158 Å². The molecule has 0 atom stereocenters. The van der Waals surface area contributed by atoms with Crippen LogP contribution >= 0.6 is 0 Å². The molecule has 0 aromatic heterocycles. The van der Waals surface area contributed by atoms with E-state index in [1.807, 2.05) is 0 Å². The van der Waals surface area contributed by atoms with Crippen molar-refractivity contribution in [3.05, 3.63) is 59.2 Å². The Bertz CT molecular complexity index is 940. The number of carbonyl (C=O) groups is 2. The van der Waals surface area contributed by atoms with Crippen molar-refractivity contribution in [1.29, 1.82) is 0 Å². The van der Waals surface area contributed by atoms with Gasteiger partial charge in [-0.3, -0.25) is 4.79 Å². The minimum atomic E-state index is -3.64. The summed E-state index contributed by atoms with van der Waals surface area (Å²) >= 11 is 0. The summed E-state index contributed by atoms with van der Waals surface area (Å²) < 4.78 is 26.7. The van der Waals surface area contributed by atoms with Crippen molar-refractivity contribution >= 4 is 27.6 Å². The van der Waals surface area contributed by atoms with Crippen LogP contribution < -0.4 is 21.1 Å². The quantitative estimate of drug-likeness (QED) is 0.573. The summed E-state index contributed by atoms with van der Waals surface area (Å²) in [6.45, 7) is 3.93. The Kier molecular flexibility index (Phi) is 6.54. The molecule has 0 aliphatic heterocycles. The van der Waals surface area contributed by atoms with Crippen molar-refractivity contribution in [2.24, 2.45) is 5.73 Å². The third-order valence-corrected chi connectivity index (χ3v) is 5.32. The lowest BCUT2D eigenvalue weighted by Gasteiger charge is -2.11. The Hall–Kier alpha value is -2.91. The predicted octanol–water partition coefficient (Wildman–Crippen LogP) is 1.71. The van der Waals surface area contributed by atoms with Crippen LogP contribution in [-0.2, 0) is 16.6 Å². The van der Waals surface area contributed by atoms with Crippen molar-refractivity contribution in [3.63, 3.8) is 0 Å². The Morgan fingerprint density at radius 1 is 1.07 bits per heavy atom. The molecule has 0 radical (unpaired) electrons. The molecule has 0 unspecified atom stereocenters. The molecule has 144 valence electrons. The number of hydrogen-bond acceptors (Lipinski definition) is 4. The first kappa shape index (κ1) is 20.4. The van der Waals surface area contributed by atoms with Crippen molar-refractivity contribution in [1.82, 2.24) is 10.0 Å². The van der Waals surface area contributed by atoms with E-state index < -0.39 is 16.1 Å². The number of carbonyl (C=O) groups excluding carboxylic acids is 2. The fraction of sp³-hybridized carbons (Fsp3) is 0.222. The van der Waals surface area contributed by atoms with Gasteiger partial charge in [-0.05, 0) is 42.3 Å². The Morgan fingerprint density at radius 3 is 2.33 bits per heavy atom. The maximum Gasteiger partial charge on any atom is 0.316 e. The number of sulfonamides is 1. The summed E-state index contributed by atoms with van der Waals surface area (Å²) in [4.78, 5) is 23.3. The summed E-state index contributed by atoms with van der Waals surface area (Å²) in [6.07, 6.45) is 0. The molecule has 0 aliphatic rings. The molecule has 9 heteroatoms. The number of amides is 3. The van der Waals surface area contributed by atoms with Gasteiger partial charge in [-0.2, -0.15) is 0 Å². The molecule has 0 saturated carbocycles. The molecule has 3 amide bonds. The highest BCUT2D eigenvalue weighted by molar-refractivity contribution is 7.89. The number of nitrogens with two attached hydrogens (primary N) is 1. The van der Waals surface area contributed by atoms with Crippen molar-refractivity contribution in [2.45, 2.75) is 25.3 Å². The molecule has 0 fully saturated rings. The van der Waals surface area contributed by atoms with Gasteiger partial charge in [0.2, 0.25) is 10.0 Å². The van der Waals surface area contributed by atoms with Crippen LogP contribution in [0.2, 0.25) is 0 Å². The molecular formula is C18H22N4O4S. The van der Waals surface area contributed by atoms with Gasteiger partial charge in [-0.25, -0.2) is 17.9 Å². The van der Waals surface area contributed by atoms with Gasteiger partial charge >= 0.3 is 6.03 Å². The second kappa shape index (κ2) is 8.65. The van der Waals surface area contributed by atoms with E-state index in [1.54, 1.807) is 44.2 Å². The van der Waals surface area contributed by atoms with Crippen molar-refractivity contribution < 1.29 is 18.0 Å². The average molecular weight is 390 g/mol. The van der Waals surface area contributed by atoms with E-state index in [0.717, 1.165) is 5.56 Å². The number of rotatable bonds is 7. The highest BCUT2D eigenvalue weighted by atomic mass is 32.2. The number of hydrogen-bond donors (Lipinski definition) is 4. The monoisotopic (exact) mass is 390 g/mol. The Morgan fingerprint density at radius 2 is 1.74 bits per heavy atom. The van der Waals surface area contributed by atoms with E-state index in [2.05, 4.69) is 15.4 Å². The van der Waals surface area contributed by atoms with E-state index in [0.29, 0.717) is 16.8 Å². The summed E-state index contributed by atoms with van der Waals surface area (Å²) in [5.74, 6) is -0.375. The zero-order chi connectivity index (χ0) is 20.0. The minimum absolute atomic E-state index is 0.0435. The van der Waals surface area contributed by atoms with Crippen LogP contribution in [0, 0.1) is 6.92 Å². The van der Waals surface area contributed by atoms with Gasteiger partial charge in [0, 0.05) is 24.3 Å². The Balaban J connectivity index is 2.10. The standard InChI is InChI=1S/C18H22N4O4S/c1-3-21-27(25,26)15-9-4-12(2)16(10-15)17(23)20-11-13-5-7-14(8-6-13)22-18(19)24/h4-10,21H,3,11H2,1-2H3,(H,20,23)(H3,19,22,24). The maximum atomic E-state index is 12.5. The van der Waals surface area contributed by atoms with E-state index in [1.165, 1.54) is 12.1 Å². The lowest BCUT2D eigenvalue weighted by Crippen LogP contribution is -2.26. The van der Waals surface area contributed by atoms with Gasteiger partial charge in [0.15, 0.2) is 0 Å². The van der Waals surface area contributed by atoms with Crippen molar-refractivity contribution in [3.8, 4) is 0 Å². The van der Waals surface area contributed by atoms with Crippen LogP contribution in [0.1, 0.15) is 28.4 Å². The second-order valence-corrected chi connectivity index (χ2v) is 7.61. The van der Waals surface area contributed by atoms with E-state index in [4.69, 9.17) is 5.73 Å². The summed E-state index contributed by atoms with van der Waals surface area (Å²) in [5, 5.41) is 5.21. The molecule has 2 aromatic rings. The molecule has 0 spiro atoms. The molecule has 0 bridgehead atoms. The van der Waals surface area contributed by atoms with Crippen LogP contribution in [0.25, 0.3) is 0 Å². The molecule has 27 heavy (non-hydrogen) atoms. The molecule has 0 saturated heterocycles. The first-order valence-corrected chi connectivity index (χ1v) is 9.75. The van der Waals surface area contributed by atoms with Gasteiger partial charge in [0.05, 0.1) is 4.90 Å². The molecule has 0 aliphatic carbocycles. The number of primary amides is 1. The van der Waals surface area contributed by atoms with Gasteiger partial charge in [-0.1, -0.05) is 25.1 Å². The van der Waals surface area contributed by atoms with Crippen LogP contribution in [0.4, 0.5) is 10.5 Å². The molecule has 2 rings (SSSR count). The van der Waals surface area contributed by atoms with Crippen LogP contribution in [-0.4, -0.2) is 26.9 Å². The smallest absolute Gasteiger partial charge is 0.316 e. The fourth-order valence-electron chi connectivity index (χ4n) is 2.41. The van der Waals surface area contributed by atoms with E-state index >= 15 is 0 Å². The number of urea groups is 1. The molecule has 0 heterocycles. The van der Waals surface area contributed by atoms with E-state index in [-0.39, 0.29) is 23.9 Å². The van der Waals surface area contributed by atoms with E-state index in [9.17, 15) is 18.0 Å². The SMILES string of the molecule is CCNS(=O)(=O)c1ccc(C)c(C(=O)NCc2ccc(NC(N)=O)cc2)c1. The minimum Gasteiger partial charge on any atom is -0.351 e. The number of aryl methyl sites for hydroxylation is 1. The predicted molar refractivity (Wildman–Crippen MR) is 103 cm³/mol. The highest BCUT2D eigenvalue weighted by Crippen LogP contribution is 2.16. The zero-order valence-electron chi connectivity index (χ0n) is 15.1. The third-order valence-electron chi connectivity index (χ3n) is 3.77. The first-order chi connectivity index (χ1) is 12.7. The lowest BCUT2D eigenvalue weighted by atomic mass is 10.1. The van der Waals surface area contributed by atoms with Crippen LogP contribution in [0.15, 0.2) is 47.4 Å². The lowest BCUT2D eigenvalue weighted by molar-refractivity contribution is 0.0950. The number of anilines is 1. The summed E-state index contributed by atoms with van der Waals surface area (Å²) in [5.41, 5.74) is 7.37. The fourth-order valence-corrected chi connectivity index (χ4v) is 3.48. The van der Waals surface area contributed by atoms with Gasteiger partial charge in [-0.15, -0.1) is 0 Å². The number of benzene rings is 2. The van der Waals surface area contributed by atoms with Crippen molar-refractivity contribution in [2.75, 3.05) is 11.9 Å². The molecular weight excluding hydrogens is 368 g/mol. The zero-order valence-corrected chi connectivity index (χ0v) is 15.9. The normalized spacial score (nSPS) is 11.0. The van der Waals surface area contributed by atoms with Crippen LogP contribution in [0.3, 0.4) is 0 Å². The summed E-state index contributed by atoms with van der Waals surface area (Å²) in [7, 11) is -3.64. The molecule has 5 N–H and O–H groups in total. The van der Waals surface area contributed by atoms with Gasteiger partial charge in [0.1, 0.15) is 0 Å². The maximum absolute atomic E-state index is 12.5. The van der Waals surface area contributed by atoms with Gasteiger partial charge < -0.3 is 16.4 Å². The first-order valence-electron chi connectivity index (χ1n) is 8.27. The molecule has 8 nitrogen and oxygen atoms in total. The third kappa shape index (κ3) is 5.53. The average Bonchev–Trinajstić information content (AvgIpc) is 2.60. The largest absolute Gasteiger partial charge is 0.351 e. The number of nitrogens with one attached hydrogen (secondary N) is 3. The second-order valence-electron chi connectivity index (χ2n) is 5.85. The topological polar surface area (TPSA) is 130 Å². The van der Waals surface area contributed by atoms with Gasteiger partial charge in [0.25, 0.3) is 5.91 Å². The summed E-state index contributed by atoms with van der Waals surface area (Å²) in [6, 6.07) is 10.6. The highest BCUT2D eigenvalue weighted by Gasteiger charge is 2.17.